The normalized spacial score (nSPS) is 11.9. The summed E-state index contributed by atoms with van der Waals surface area (Å²) in [5.41, 5.74) is 1.14. The highest BCUT2D eigenvalue weighted by Gasteiger charge is 2.40. The van der Waals surface area contributed by atoms with E-state index in [1.165, 1.54) is 5.19 Å². The standard InChI is InChI=1S/C17H29NO2Si/c1-6-16-12-9-10-13-17(16)21(19-7-2,20-8-3)15-11-14-18(4)5/h6,9-10,12-13H,1,7-8,11,14-15H2,2-5H3. The van der Waals surface area contributed by atoms with Crippen LogP contribution in [-0.4, -0.2) is 47.3 Å². The lowest BCUT2D eigenvalue weighted by Crippen LogP contribution is -2.55. The monoisotopic (exact) mass is 307 g/mol. The maximum Gasteiger partial charge on any atom is 0.373 e. The molecule has 118 valence electrons. The Balaban J connectivity index is 3.11. The van der Waals surface area contributed by atoms with Crippen LogP contribution in [-0.2, 0) is 8.85 Å². The van der Waals surface area contributed by atoms with Crippen LogP contribution in [0.1, 0.15) is 25.8 Å². The SMILES string of the molecule is C=Cc1ccccc1[Si](CCCN(C)C)(OCC)OCC. The molecule has 0 heterocycles. The van der Waals surface area contributed by atoms with Crippen molar-refractivity contribution in [2.24, 2.45) is 0 Å². The summed E-state index contributed by atoms with van der Waals surface area (Å²) < 4.78 is 12.5. The lowest BCUT2D eigenvalue weighted by molar-refractivity contribution is 0.194. The number of hydrogen-bond acceptors (Lipinski definition) is 3. The largest absolute Gasteiger partial charge is 0.391 e. The summed E-state index contributed by atoms with van der Waals surface area (Å²) in [4.78, 5) is 2.20. The summed E-state index contributed by atoms with van der Waals surface area (Å²) in [6.45, 7) is 10.4. The van der Waals surface area contributed by atoms with Crippen LogP contribution in [0.3, 0.4) is 0 Å². The van der Waals surface area contributed by atoms with Crippen molar-refractivity contribution in [3.63, 3.8) is 0 Å². The zero-order valence-corrected chi connectivity index (χ0v) is 14.9. The molecule has 0 saturated carbocycles. The van der Waals surface area contributed by atoms with Crippen LogP contribution < -0.4 is 5.19 Å². The van der Waals surface area contributed by atoms with Gasteiger partial charge in [0.15, 0.2) is 0 Å². The van der Waals surface area contributed by atoms with Gasteiger partial charge in [0.2, 0.25) is 0 Å². The third-order valence-electron chi connectivity index (χ3n) is 3.46. The van der Waals surface area contributed by atoms with Gasteiger partial charge in [-0.1, -0.05) is 36.9 Å². The third kappa shape index (κ3) is 5.07. The van der Waals surface area contributed by atoms with Gasteiger partial charge in [0, 0.05) is 18.4 Å². The van der Waals surface area contributed by atoms with E-state index in [0.29, 0.717) is 13.2 Å². The zero-order valence-electron chi connectivity index (χ0n) is 13.9. The Morgan fingerprint density at radius 3 is 2.29 bits per heavy atom. The van der Waals surface area contributed by atoms with Crippen LogP contribution in [0, 0.1) is 0 Å². The highest BCUT2D eigenvalue weighted by atomic mass is 28.4. The van der Waals surface area contributed by atoms with Gasteiger partial charge in [0.25, 0.3) is 0 Å². The lowest BCUT2D eigenvalue weighted by Gasteiger charge is -2.32. The van der Waals surface area contributed by atoms with Gasteiger partial charge in [-0.15, -0.1) is 0 Å². The summed E-state index contributed by atoms with van der Waals surface area (Å²) in [6, 6.07) is 9.31. The van der Waals surface area contributed by atoms with Crippen molar-refractivity contribution in [3.8, 4) is 0 Å². The minimum Gasteiger partial charge on any atom is -0.391 e. The van der Waals surface area contributed by atoms with E-state index in [0.717, 1.165) is 24.6 Å². The second-order valence-electron chi connectivity index (χ2n) is 5.32. The van der Waals surface area contributed by atoms with Crippen molar-refractivity contribution >= 4 is 19.8 Å². The van der Waals surface area contributed by atoms with Gasteiger partial charge < -0.3 is 13.8 Å². The molecular weight excluding hydrogens is 278 g/mol. The van der Waals surface area contributed by atoms with Crippen LogP contribution in [0.2, 0.25) is 6.04 Å². The van der Waals surface area contributed by atoms with E-state index >= 15 is 0 Å². The molecule has 0 radical (unpaired) electrons. The van der Waals surface area contributed by atoms with E-state index in [2.05, 4.69) is 43.8 Å². The van der Waals surface area contributed by atoms with Gasteiger partial charge in [-0.3, -0.25) is 0 Å². The van der Waals surface area contributed by atoms with E-state index in [9.17, 15) is 0 Å². The molecule has 0 aromatic heterocycles. The summed E-state index contributed by atoms with van der Waals surface area (Å²) >= 11 is 0. The first-order valence-electron chi connectivity index (χ1n) is 7.74. The molecule has 0 unspecified atom stereocenters. The molecule has 21 heavy (non-hydrogen) atoms. The fourth-order valence-electron chi connectivity index (χ4n) is 2.59. The Bertz CT molecular complexity index is 429. The number of rotatable bonds is 10. The molecule has 3 nitrogen and oxygen atoms in total. The van der Waals surface area contributed by atoms with Crippen LogP contribution in [0.5, 0.6) is 0 Å². The van der Waals surface area contributed by atoms with Crippen molar-refractivity contribution in [2.75, 3.05) is 33.9 Å². The molecule has 1 rings (SSSR count). The molecule has 0 saturated heterocycles. The summed E-state index contributed by atoms with van der Waals surface area (Å²) in [6.07, 6.45) is 2.98. The molecule has 0 N–H and O–H groups in total. The average molecular weight is 308 g/mol. The first kappa shape index (κ1) is 18.1. The number of hydrogen-bond donors (Lipinski definition) is 0. The maximum absolute atomic E-state index is 6.23. The van der Waals surface area contributed by atoms with E-state index in [-0.39, 0.29) is 0 Å². The molecule has 1 aromatic carbocycles. The number of nitrogens with zero attached hydrogens (tertiary/aromatic N) is 1. The van der Waals surface area contributed by atoms with Crippen LogP contribution in [0.25, 0.3) is 6.08 Å². The molecule has 0 aliphatic heterocycles. The van der Waals surface area contributed by atoms with E-state index < -0.39 is 8.56 Å². The average Bonchev–Trinajstić information content (AvgIpc) is 2.47. The summed E-state index contributed by atoms with van der Waals surface area (Å²) in [5, 5.41) is 1.21. The van der Waals surface area contributed by atoms with E-state index in [4.69, 9.17) is 8.85 Å². The summed E-state index contributed by atoms with van der Waals surface area (Å²) in [7, 11) is 1.80. The maximum atomic E-state index is 6.23. The molecule has 0 fully saturated rings. The van der Waals surface area contributed by atoms with Gasteiger partial charge in [0.1, 0.15) is 0 Å². The Kier molecular flexibility index (Phi) is 7.89. The van der Waals surface area contributed by atoms with Crippen molar-refractivity contribution in [1.29, 1.82) is 0 Å². The highest BCUT2D eigenvalue weighted by Crippen LogP contribution is 2.19. The van der Waals surface area contributed by atoms with E-state index in [1.54, 1.807) is 0 Å². The molecule has 1 aromatic rings. The molecule has 4 heteroatoms. The predicted molar refractivity (Wildman–Crippen MR) is 93.2 cm³/mol. The Labute approximate surface area is 130 Å². The first-order chi connectivity index (χ1) is 10.1. The lowest BCUT2D eigenvalue weighted by atomic mass is 10.2. The topological polar surface area (TPSA) is 21.7 Å². The Morgan fingerprint density at radius 2 is 1.76 bits per heavy atom. The van der Waals surface area contributed by atoms with E-state index in [1.807, 2.05) is 26.0 Å². The molecule has 0 amide bonds. The van der Waals surface area contributed by atoms with Crippen molar-refractivity contribution < 1.29 is 8.85 Å². The molecule has 0 bridgehead atoms. The predicted octanol–water partition coefficient (Wildman–Crippen LogP) is 3.00. The highest BCUT2D eigenvalue weighted by molar-refractivity contribution is 6.81. The smallest absolute Gasteiger partial charge is 0.373 e. The first-order valence-corrected chi connectivity index (χ1v) is 9.76. The molecule has 0 aliphatic rings. The molecule has 0 spiro atoms. The minimum absolute atomic E-state index is 0.680. The van der Waals surface area contributed by atoms with Gasteiger partial charge in [-0.25, -0.2) is 0 Å². The van der Waals surface area contributed by atoms with Gasteiger partial charge >= 0.3 is 8.56 Å². The van der Waals surface area contributed by atoms with Crippen LogP contribution in [0.15, 0.2) is 30.8 Å². The Hall–Kier alpha value is -0.943. The molecular formula is C17H29NO2Si. The van der Waals surface area contributed by atoms with Crippen molar-refractivity contribution in [2.45, 2.75) is 26.3 Å². The molecule has 0 atom stereocenters. The minimum atomic E-state index is -2.40. The van der Waals surface area contributed by atoms with Gasteiger partial charge in [-0.2, -0.15) is 0 Å². The quantitative estimate of drug-likeness (QED) is 0.620. The fraction of sp³-hybridized carbons (Fsp3) is 0.529. The van der Waals surface area contributed by atoms with Gasteiger partial charge in [0.05, 0.1) is 0 Å². The summed E-state index contributed by atoms with van der Waals surface area (Å²) in [5.74, 6) is 0. The zero-order chi connectivity index (χ0) is 15.7. The second-order valence-corrected chi connectivity index (χ2v) is 8.44. The molecule has 0 aliphatic carbocycles. The van der Waals surface area contributed by atoms with Crippen molar-refractivity contribution in [3.05, 3.63) is 36.4 Å². The second kappa shape index (κ2) is 9.15. The fourth-order valence-corrected chi connectivity index (χ4v) is 6.08. The van der Waals surface area contributed by atoms with Gasteiger partial charge in [-0.05, 0) is 52.5 Å². The van der Waals surface area contributed by atoms with Crippen LogP contribution in [0.4, 0.5) is 0 Å². The van der Waals surface area contributed by atoms with Crippen LogP contribution >= 0.6 is 0 Å². The Morgan fingerprint density at radius 1 is 1.14 bits per heavy atom. The third-order valence-corrected chi connectivity index (χ3v) is 7.26. The van der Waals surface area contributed by atoms with Crippen molar-refractivity contribution in [1.82, 2.24) is 4.90 Å². The number of benzene rings is 1.